The third kappa shape index (κ3) is 3.41. The van der Waals surface area contributed by atoms with Crippen molar-refractivity contribution in [2.24, 2.45) is 0 Å². The molecular weight excluding hydrogens is 357 g/mol. The van der Waals surface area contributed by atoms with Gasteiger partial charge in [-0.3, -0.25) is 0 Å². The number of hydrogen-bond donors (Lipinski definition) is 0. The van der Waals surface area contributed by atoms with Crippen LogP contribution in [-0.2, 0) is 10.9 Å². The zero-order valence-electron chi connectivity index (χ0n) is 10.6. The number of carbonyl (C=O) groups excluding carboxylic acids is 1. The van der Waals surface area contributed by atoms with Crippen LogP contribution in [-0.4, -0.2) is 22.7 Å². The number of aromatic nitrogens is 2. The Morgan fingerprint density at radius 3 is 2.76 bits per heavy atom. The molecule has 0 bridgehead atoms. The maximum Gasteiger partial charge on any atom is 0.416 e. The summed E-state index contributed by atoms with van der Waals surface area (Å²) in [5.41, 5.74) is -0.829. The summed E-state index contributed by atoms with van der Waals surface area (Å²) in [6, 6.07) is 2.98. The molecule has 21 heavy (non-hydrogen) atoms. The minimum absolute atomic E-state index is 0.0351. The van der Waals surface area contributed by atoms with E-state index in [9.17, 15) is 18.0 Å². The van der Waals surface area contributed by atoms with Gasteiger partial charge in [0.1, 0.15) is 0 Å². The van der Waals surface area contributed by atoms with Crippen molar-refractivity contribution in [3.63, 3.8) is 0 Å². The lowest BCUT2D eigenvalue weighted by Crippen LogP contribution is -2.06. The summed E-state index contributed by atoms with van der Waals surface area (Å²) < 4.78 is 47.9. The number of rotatable bonds is 3. The predicted octanol–water partition coefficient (Wildman–Crippen LogP) is 3.69. The summed E-state index contributed by atoms with van der Waals surface area (Å²) in [6.45, 7) is 1.72. The number of benzene rings is 1. The first-order valence-electron chi connectivity index (χ1n) is 5.71. The zero-order valence-corrected chi connectivity index (χ0v) is 12.2. The number of esters is 1. The SMILES string of the molecule is CCOC(=O)c1noc(-c2cc(C(F)(F)F)ccc2Br)n1. The standard InChI is InChI=1S/C12H8BrF3N2O3/c1-2-20-11(19)9-17-10(21-18-9)7-5-6(12(14,15)16)3-4-8(7)13/h3-5H,2H2,1H3. The van der Waals surface area contributed by atoms with Crippen LogP contribution in [0.4, 0.5) is 13.2 Å². The van der Waals surface area contributed by atoms with Crippen LogP contribution < -0.4 is 0 Å². The normalized spacial score (nSPS) is 11.5. The second-order valence-electron chi connectivity index (χ2n) is 3.84. The summed E-state index contributed by atoms with van der Waals surface area (Å²) in [7, 11) is 0. The van der Waals surface area contributed by atoms with Crippen molar-refractivity contribution in [1.29, 1.82) is 0 Å². The van der Waals surface area contributed by atoms with Gasteiger partial charge in [-0.25, -0.2) is 4.79 Å². The first kappa shape index (κ1) is 15.5. The molecule has 2 rings (SSSR count). The maximum absolute atomic E-state index is 12.7. The fourth-order valence-corrected chi connectivity index (χ4v) is 1.89. The smallest absolute Gasteiger partial charge is 0.416 e. The molecule has 0 fully saturated rings. The molecule has 0 atom stereocenters. The Morgan fingerprint density at radius 1 is 1.43 bits per heavy atom. The van der Waals surface area contributed by atoms with E-state index >= 15 is 0 Å². The van der Waals surface area contributed by atoms with E-state index in [4.69, 9.17) is 4.52 Å². The van der Waals surface area contributed by atoms with E-state index in [-0.39, 0.29) is 23.9 Å². The molecule has 0 radical (unpaired) electrons. The third-order valence-electron chi connectivity index (χ3n) is 2.41. The van der Waals surface area contributed by atoms with Crippen molar-refractivity contribution in [2.45, 2.75) is 13.1 Å². The van der Waals surface area contributed by atoms with Crippen LogP contribution >= 0.6 is 15.9 Å². The van der Waals surface area contributed by atoms with Gasteiger partial charge in [-0.05, 0) is 46.2 Å². The molecule has 5 nitrogen and oxygen atoms in total. The summed E-state index contributed by atoms with van der Waals surface area (Å²) >= 11 is 3.10. The monoisotopic (exact) mass is 364 g/mol. The van der Waals surface area contributed by atoms with Gasteiger partial charge >= 0.3 is 12.1 Å². The van der Waals surface area contributed by atoms with Crippen molar-refractivity contribution in [3.8, 4) is 11.5 Å². The molecular formula is C12H8BrF3N2O3. The molecule has 0 unspecified atom stereocenters. The number of carbonyl (C=O) groups is 1. The van der Waals surface area contributed by atoms with Crippen LogP contribution in [0.2, 0.25) is 0 Å². The van der Waals surface area contributed by atoms with E-state index in [1.807, 2.05) is 0 Å². The molecule has 0 saturated carbocycles. The second kappa shape index (κ2) is 5.84. The summed E-state index contributed by atoms with van der Waals surface area (Å²) in [5, 5.41) is 3.38. The van der Waals surface area contributed by atoms with E-state index in [0.717, 1.165) is 12.1 Å². The lowest BCUT2D eigenvalue weighted by molar-refractivity contribution is -0.137. The van der Waals surface area contributed by atoms with Crippen molar-refractivity contribution in [3.05, 3.63) is 34.1 Å². The number of nitrogens with zero attached hydrogens (tertiary/aromatic N) is 2. The fourth-order valence-electron chi connectivity index (χ4n) is 1.48. The van der Waals surface area contributed by atoms with Gasteiger partial charge < -0.3 is 9.26 Å². The Labute approximate surface area is 125 Å². The van der Waals surface area contributed by atoms with Crippen LogP contribution in [0.5, 0.6) is 0 Å². The number of halogens is 4. The van der Waals surface area contributed by atoms with Crippen molar-refractivity contribution < 1.29 is 27.2 Å². The second-order valence-corrected chi connectivity index (χ2v) is 4.69. The molecule has 0 aliphatic heterocycles. The van der Waals surface area contributed by atoms with Gasteiger partial charge in [0.05, 0.1) is 17.7 Å². The molecule has 0 aliphatic carbocycles. The highest BCUT2D eigenvalue weighted by molar-refractivity contribution is 9.10. The maximum atomic E-state index is 12.7. The molecule has 0 aliphatic rings. The molecule has 112 valence electrons. The van der Waals surface area contributed by atoms with Gasteiger partial charge in [0.15, 0.2) is 0 Å². The largest absolute Gasteiger partial charge is 0.460 e. The fraction of sp³-hybridized carbons (Fsp3) is 0.250. The van der Waals surface area contributed by atoms with Gasteiger partial charge in [0.2, 0.25) is 0 Å². The predicted molar refractivity (Wildman–Crippen MR) is 68.4 cm³/mol. The van der Waals surface area contributed by atoms with E-state index in [1.165, 1.54) is 6.07 Å². The van der Waals surface area contributed by atoms with Crippen LogP contribution in [0.15, 0.2) is 27.2 Å². The highest BCUT2D eigenvalue weighted by Gasteiger charge is 2.31. The molecule has 0 saturated heterocycles. The molecule has 1 aromatic heterocycles. The van der Waals surface area contributed by atoms with Crippen molar-refractivity contribution in [2.75, 3.05) is 6.61 Å². The first-order chi connectivity index (χ1) is 9.82. The van der Waals surface area contributed by atoms with Gasteiger partial charge in [-0.15, -0.1) is 0 Å². The van der Waals surface area contributed by atoms with E-state index in [0.29, 0.717) is 4.47 Å². The number of alkyl halides is 3. The Morgan fingerprint density at radius 2 is 2.14 bits per heavy atom. The average molecular weight is 365 g/mol. The van der Waals surface area contributed by atoms with Crippen LogP contribution in [0.3, 0.4) is 0 Å². The molecule has 0 N–H and O–H groups in total. The summed E-state index contributed by atoms with van der Waals surface area (Å²) in [4.78, 5) is 15.1. The molecule has 2 aromatic rings. The van der Waals surface area contributed by atoms with Gasteiger partial charge in [0, 0.05) is 4.47 Å². The summed E-state index contributed by atoms with van der Waals surface area (Å²) in [6.07, 6.45) is -4.50. The lowest BCUT2D eigenvalue weighted by Gasteiger charge is -2.08. The van der Waals surface area contributed by atoms with Gasteiger partial charge in [0.25, 0.3) is 11.7 Å². The van der Waals surface area contributed by atoms with Gasteiger partial charge in [-0.1, -0.05) is 0 Å². The number of hydrogen-bond acceptors (Lipinski definition) is 5. The Hall–Kier alpha value is -1.90. The molecule has 1 heterocycles. The summed E-state index contributed by atoms with van der Waals surface area (Å²) in [5.74, 6) is -1.37. The van der Waals surface area contributed by atoms with E-state index < -0.39 is 17.7 Å². The van der Waals surface area contributed by atoms with Crippen molar-refractivity contribution >= 4 is 21.9 Å². The van der Waals surface area contributed by atoms with Crippen LogP contribution in [0, 0.1) is 0 Å². The highest BCUT2D eigenvalue weighted by Crippen LogP contribution is 2.35. The quantitative estimate of drug-likeness (QED) is 0.777. The Kier molecular flexibility index (Phi) is 4.31. The molecule has 1 aromatic carbocycles. The zero-order chi connectivity index (χ0) is 15.6. The van der Waals surface area contributed by atoms with Crippen LogP contribution in [0.1, 0.15) is 23.1 Å². The average Bonchev–Trinajstić information content (AvgIpc) is 2.87. The minimum Gasteiger partial charge on any atom is -0.460 e. The minimum atomic E-state index is -4.50. The Balaban J connectivity index is 2.40. The number of ether oxygens (including phenoxy) is 1. The Bertz CT molecular complexity index is 670. The van der Waals surface area contributed by atoms with Crippen molar-refractivity contribution in [1.82, 2.24) is 10.1 Å². The highest BCUT2D eigenvalue weighted by atomic mass is 79.9. The van der Waals surface area contributed by atoms with E-state index in [2.05, 4.69) is 30.8 Å². The van der Waals surface area contributed by atoms with Gasteiger partial charge in [-0.2, -0.15) is 18.2 Å². The van der Waals surface area contributed by atoms with E-state index in [1.54, 1.807) is 6.92 Å². The third-order valence-corrected chi connectivity index (χ3v) is 3.10. The van der Waals surface area contributed by atoms with Crippen LogP contribution in [0.25, 0.3) is 11.5 Å². The first-order valence-corrected chi connectivity index (χ1v) is 6.50. The molecule has 9 heteroatoms. The molecule has 0 spiro atoms. The topological polar surface area (TPSA) is 65.2 Å². The lowest BCUT2D eigenvalue weighted by atomic mass is 10.1. The molecule has 0 amide bonds.